The molecule has 0 aliphatic heterocycles. The van der Waals surface area contributed by atoms with Gasteiger partial charge >= 0.3 is 0 Å². The average molecular weight is 367 g/mol. The number of aromatic nitrogens is 2. The van der Waals surface area contributed by atoms with Crippen LogP contribution in [0.2, 0.25) is 5.02 Å². The fraction of sp³-hybridized carbons (Fsp3) is 0.0952. The van der Waals surface area contributed by atoms with Crippen molar-refractivity contribution in [1.29, 1.82) is 0 Å². The molecule has 0 radical (unpaired) electrons. The number of halogens is 2. The van der Waals surface area contributed by atoms with E-state index in [-0.39, 0.29) is 5.82 Å². The molecular weight excluding hydrogens is 351 g/mol. The van der Waals surface area contributed by atoms with Gasteiger partial charge in [0.15, 0.2) is 0 Å². The van der Waals surface area contributed by atoms with Crippen molar-refractivity contribution < 1.29 is 9.13 Å². The van der Waals surface area contributed by atoms with E-state index in [2.05, 4.69) is 4.98 Å². The van der Waals surface area contributed by atoms with Crippen molar-refractivity contribution in [3.63, 3.8) is 0 Å². The lowest BCUT2D eigenvalue weighted by molar-refractivity contribution is 0.414. The van der Waals surface area contributed by atoms with Crippen LogP contribution in [0.5, 0.6) is 5.75 Å². The molecule has 4 rings (SSSR count). The predicted molar refractivity (Wildman–Crippen MR) is 102 cm³/mol. The molecule has 0 N–H and O–H groups in total. The molecule has 0 fully saturated rings. The first-order valence-corrected chi connectivity index (χ1v) is 8.58. The molecule has 0 amide bonds. The Morgan fingerprint density at radius 3 is 2.50 bits per heavy atom. The summed E-state index contributed by atoms with van der Waals surface area (Å²) in [5.41, 5.74) is 2.87. The highest BCUT2D eigenvalue weighted by Crippen LogP contribution is 2.32. The van der Waals surface area contributed by atoms with Crippen molar-refractivity contribution in [2.24, 2.45) is 0 Å². The molecule has 1 aromatic heterocycles. The number of benzene rings is 3. The summed E-state index contributed by atoms with van der Waals surface area (Å²) >= 11 is 6.38. The van der Waals surface area contributed by atoms with Gasteiger partial charge in [-0.1, -0.05) is 41.9 Å². The van der Waals surface area contributed by atoms with Crippen LogP contribution in [-0.4, -0.2) is 16.7 Å². The number of imidazole rings is 1. The Morgan fingerprint density at radius 2 is 1.77 bits per heavy atom. The lowest BCUT2D eigenvalue weighted by Crippen LogP contribution is -2.03. The minimum absolute atomic E-state index is 0.304. The summed E-state index contributed by atoms with van der Waals surface area (Å²) in [5.74, 6) is 1.12. The Kier molecular flexibility index (Phi) is 4.35. The van der Waals surface area contributed by atoms with E-state index < -0.39 is 0 Å². The molecule has 0 saturated heterocycles. The van der Waals surface area contributed by atoms with Crippen LogP contribution in [0.3, 0.4) is 0 Å². The molecule has 0 aliphatic carbocycles. The van der Waals surface area contributed by atoms with Crippen LogP contribution in [0.15, 0.2) is 66.7 Å². The van der Waals surface area contributed by atoms with Crippen LogP contribution < -0.4 is 4.74 Å². The first kappa shape index (κ1) is 16.6. The molecular formula is C21H16ClFN2O. The number of para-hydroxylation sites is 1. The second kappa shape index (κ2) is 6.81. The van der Waals surface area contributed by atoms with E-state index >= 15 is 0 Å². The second-order valence-electron chi connectivity index (χ2n) is 5.96. The Bertz CT molecular complexity index is 1070. The van der Waals surface area contributed by atoms with E-state index in [1.54, 1.807) is 13.2 Å². The summed E-state index contributed by atoms with van der Waals surface area (Å²) in [6.07, 6.45) is 0. The minimum atomic E-state index is -0.304. The predicted octanol–water partition coefficient (Wildman–Crippen LogP) is 5.55. The van der Waals surface area contributed by atoms with Crippen molar-refractivity contribution in [1.82, 2.24) is 9.55 Å². The number of hydrogen-bond donors (Lipinski definition) is 0. The molecule has 0 bridgehead atoms. The number of nitrogens with zero attached hydrogens (tertiary/aromatic N) is 2. The Labute approximate surface area is 155 Å². The monoisotopic (exact) mass is 366 g/mol. The molecule has 3 nitrogen and oxygen atoms in total. The number of methoxy groups -OCH3 is 1. The standard InChI is InChI=1S/C21H16ClFN2O/c1-26-15-11-9-14(10-12-15)13-25-20-18(23)7-4-8-19(20)24-21(25)16-5-2-3-6-17(16)22/h2-12H,13H2,1H3. The van der Waals surface area contributed by atoms with Crippen molar-refractivity contribution in [2.75, 3.05) is 7.11 Å². The first-order valence-electron chi connectivity index (χ1n) is 8.20. The van der Waals surface area contributed by atoms with E-state index in [9.17, 15) is 4.39 Å². The summed E-state index contributed by atoms with van der Waals surface area (Å²) in [6.45, 7) is 0.474. The Morgan fingerprint density at radius 1 is 1.00 bits per heavy atom. The van der Waals surface area contributed by atoms with Crippen molar-refractivity contribution >= 4 is 22.6 Å². The topological polar surface area (TPSA) is 27.1 Å². The number of fused-ring (bicyclic) bond motifs is 1. The Hall–Kier alpha value is -2.85. The molecule has 0 aliphatic rings. The normalized spacial score (nSPS) is 11.0. The molecule has 3 aromatic carbocycles. The van der Waals surface area contributed by atoms with Gasteiger partial charge in [0, 0.05) is 12.1 Å². The smallest absolute Gasteiger partial charge is 0.149 e. The zero-order chi connectivity index (χ0) is 18.1. The molecule has 0 saturated carbocycles. The van der Waals surface area contributed by atoms with Gasteiger partial charge < -0.3 is 9.30 Å². The molecule has 130 valence electrons. The van der Waals surface area contributed by atoms with Gasteiger partial charge in [0.05, 0.1) is 17.6 Å². The van der Waals surface area contributed by atoms with Gasteiger partial charge in [0.1, 0.15) is 22.9 Å². The van der Waals surface area contributed by atoms with Crippen molar-refractivity contribution in [3.05, 3.63) is 83.1 Å². The maximum absolute atomic E-state index is 14.6. The average Bonchev–Trinajstić information content (AvgIpc) is 3.02. The fourth-order valence-corrected chi connectivity index (χ4v) is 3.28. The Balaban J connectivity index is 1.90. The van der Waals surface area contributed by atoms with Crippen molar-refractivity contribution in [2.45, 2.75) is 6.54 Å². The summed E-state index contributed by atoms with van der Waals surface area (Å²) in [7, 11) is 1.63. The summed E-state index contributed by atoms with van der Waals surface area (Å²) in [5, 5.41) is 0.583. The zero-order valence-corrected chi connectivity index (χ0v) is 14.9. The van der Waals surface area contributed by atoms with E-state index in [1.165, 1.54) is 6.07 Å². The van der Waals surface area contributed by atoms with Crippen molar-refractivity contribution in [3.8, 4) is 17.1 Å². The number of hydrogen-bond acceptors (Lipinski definition) is 2. The minimum Gasteiger partial charge on any atom is -0.497 e. The lowest BCUT2D eigenvalue weighted by atomic mass is 10.2. The molecule has 26 heavy (non-hydrogen) atoms. The van der Waals surface area contributed by atoms with Crippen LogP contribution in [0.4, 0.5) is 4.39 Å². The quantitative estimate of drug-likeness (QED) is 0.473. The molecule has 0 spiro atoms. The van der Waals surface area contributed by atoms with Gasteiger partial charge in [-0.3, -0.25) is 0 Å². The van der Waals surface area contributed by atoms with Crippen LogP contribution in [0.1, 0.15) is 5.56 Å². The lowest BCUT2D eigenvalue weighted by Gasteiger charge is -2.11. The highest BCUT2D eigenvalue weighted by Gasteiger charge is 2.17. The fourth-order valence-electron chi connectivity index (χ4n) is 3.06. The molecule has 0 atom stereocenters. The van der Waals surface area contributed by atoms with E-state index in [0.717, 1.165) is 16.9 Å². The van der Waals surface area contributed by atoms with Crippen LogP contribution in [0.25, 0.3) is 22.4 Å². The largest absolute Gasteiger partial charge is 0.497 e. The summed E-state index contributed by atoms with van der Waals surface area (Å²) in [6, 6.07) is 20.1. The number of ether oxygens (including phenoxy) is 1. The van der Waals surface area contributed by atoms with Gasteiger partial charge in [-0.05, 0) is 42.0 Å². The molecule has 4 aromatic rings. The van der Waals surface area contributed by atoms with Gasteiger partial charge in [-0.15, -0.1) is 0 Å². The van der Waals surface area contributed by atoms with E-state index in [4.69, 9.17) is 16.3 Å². The SMILES string of the molecule is COc1ccc(Cn2c(-c3ccccc3Cl)nc3cccc(F)c32)cc1. The molecule has 0 unspecified atom stereocenters. The van der Waals surface area contributed by atoms with Gasteiger partial charge in [-0.2, -0.15) is 0 Å². The van der Waals surface area contributed by atoms with E-state index in [1.807, 2.05) is 59.2 Å². The highest BCUT2D eigenvalue weighted by atomic mass is 35.5. The third-order valence-corrected chi connectivity index (χ3v) is 4.66. The third-order valence-electron chi connectivity index (χ3n) is 4.33. The second-order valence-corrected chi connectivity index (χ2v) is 6.36. The third kappa shape index (κ3) is 2.93. The summed E-state index contributed by atoms with van der Waals surface area (Å²) < 4.78 is 21.7. The highest BCUT2D eigenvalue weighted by molar-refractivity contribution is 6.33. The first-order chi connectivity index (χ1) is 12.7. The summed E-state index contributed by atoms with van der Waals surface area (Å²) in [4.78, 5) is 4.65. The number of rotatable bonds is 4. The maximum atomic E-state index is 14.6. The molecule has 5 heteroatoms. The molecule has 1 heterocycles. The zero-order valence-electron chi connectivity index (χ0n) is 14.1. The van der Waals surface area contributed by atoms with E-state index in [0.29, 0.717) is 28.4 Å². The van der Waals surface area contributed by atoms with Crippen LogP contribution in [-0.2, 0) is 6.54 Å². The van der Waals surface area contributed by atoms with Gasteiger partial charge in [0.25, 0.3) is 0 Å². The van der Waals surface area contributed by atoms with Crippen LogP contribution in [0, 0.1) is 5.82 Å². The van der Waals surface area contributed by atoms with Gasteiger partial charge in [0.2, 0.25) is 0 Å². The van der Waals surface area contributed by atoms with Crippen LogP contribution >= 0.6 is 11.6 Å². The maximum Gasteiger partial charge on any atom is 0.149 e. The van der Waals surface area contributed by atoms with Gasteiger partial charge in [-0.25, -0.2) is 9.37 Å².